The molecule has 0 aliphatic heterocycles. The van der Waals surface area contributed by atoms with Crippen molar-refractivity contribution in [3.63, 3.8) is 0 Å². The summed E-state index contributed by atoms with van der Waals surface area (Å²) in [6.45, 7) is 0. The first-order chi connectivity index (χ1) is 5.83. The normalized spacial score (nSPS) is 10.8. The maximum atomic E-state index is 5.44. The SMILES string of the molecule is Nc1ccc(C=CCCBr)cn1. The predicted octanol–water partition coefficient (Wildman–Crippen LogP) is 2.46. The second-order valence-electron chi connectivity index (χ2n) is 2.40. The summed E-state index contributed by atoms with van der Waals surface area (Å²) >= 11 is 3.35. The van der Waals surface area contributed by atoms with Crippen LogP contribution < -0.4 is 5.73 Å². The average molecular weight is 227 g/mol. The fourth-order valence-electron chi connectivity index (χ4n) is 0.798. The number of rotatable bonds is 3. The maximum absolute atomic E-state index is 5.44. The first-order valence-corrected chi connectivity index (χ1v) is 4.89. The summed E-state index contributed by atoms with van der Waals surface area (Å²) in [7, 11) is 0. The van der Waals surface area contributed by atoms with E-state index in [1.165, 1.54) is 0 Å². The zero-order valence-electron chi connectivity index (χ0n) is 6.70. The third-order valence-corrected chi connectivity index (χ3v) is 1.85. The zero-order valence-corrected chi connectivity index (χ0v) is 8.29. The van der Waals surface area contributed by atoms with Crippen LogP contribution in [0.4, 0.5) is 5.82 Å². The van der Waals surface area contributed by atoms with Crippen molar-refractivity contribution in [3.8, 4) is 0 Å². The van der Waals surface area contributed by atoms with Crippen molar-refractivity contribution in [3.05, 3.63) is 30.0 Å². The molecule has 0 radical (unpaired) electrons. The lowest BCUT2D eigenvalue weighted by molar-refractivity contribution is 1.27. The second-order valence-corrected chi connectivity index (χ2v) is 3.19. The molecule has 0 bridgehead atoms. The molecular formula is C9H11BrN2. The molecule has 1 heterocycles. The van der Waals surface area contributed by atoms with Crippen LogP contribution in [0, 0.1) is 0 Å². The molecule has 0 aliphatic carbocycles. The first-order valence-electron chi connectivity index (χ1n) is 3.77. The second kappa shape index (κ2) is 4.93. The fraction of sp³-hybridized carbons (Fsp3) is 0.222. The van der Waals surface area contributed by atoms with Gasteiger partial charge in [-0.25, -0.2) is 4.98 Å². The number of halogens is 1. The highest BCUT2D eigenvalue weighted by molar-refractivity contribution is 9.09. The van der Waals surface area contributed by atoms with Crippen LogP contribution in [0.3, 0.4) is 0 Å². The van der Waals surface area contributed by atoms with Gasteiger partial charge in [-0.15, -0.1) is 0 Å². The van der Waals surface area contributed by atoms with E-state index in [0.29, 0.717) is 5.82 Å². The Kier molecular flexibility index (Phi) is 3.80. The third kappa shape index (κ3) is 3.05. The van der Waals surface area contributed by atoms with Crippen LogP contribution in [0.5, 0.6) is 0 Å². The molecule has 2 N–H and O–H groups in total. The minimum absolute atomic E-state index is 0.563. The number of hydrogen-bond donors (Lipinski definition) is 1. The van der Waals surface area contributed by atoms with E-state index in [9.17, 15) is 0 Å². The lowest BCUT2D eigenvalue weighted by Gasteiger charge is -1.92. The molecule has 0 saturated carbocycles. The Balaban J connectivity index is 2.58. The summed E-state index contributed by atoms with van der Waals surface area (Å²) < 4.78 is 0. The number of nitrogens with two attached hydrogens (primary N) is 1. The Bertz CT molecular complexity index is 254. The molecule has 0 atom stereocenters. The number of pyridine rings is 1. The molecule has 2 nitrogen and oxygen atoms in total. The van der Waals surface area contributed by atoms with Gasteiger partial charge >= 0.3 is 0 Å². The van der Waals surface area contributed by atoms with Crippen LogP contribution in [-0.4, -0.2) is 10.3 Å². The minimum Gasteiger partial charge on any atom is -0.384 e. The maximum Gasteiger partial charge on any atom is 0.123 e. The minimum atomic E-state index is 0.563. The number of nitrogen functional groups attached to an aromatic ring is 1. The molecule has 1 aromatic rings. The summed E-state index contributed by atoms with van der Waals surface area (Å²) in [5.74, 6) is 0.563. The highest BCUT2D eigenvalue weighted by Gasteiger charge is 1.86. The Labute approximate surface area is 80.6 Å². The number of aromatic nitrogens is 1. The number of allylic oxidation sites excluding steroid dienone is 1. The average Bonchev–Trinajstić information content (AvgIpc) is 2.09. The lowest BCUT2D eigenvalue weighted by atomic mass is 10.2. The van der Waals surface area contributed by atoms with Crippen LogP contribution in [-0.2, 0) is 0 Å². The van der Waals surface area contributed by atoms with Crippen molar-refractivity contribution in [1.29, 1.82) is 0 Å². The standard InChI is InChI=1S/C9H11BrN2/c10-6-2-1-3-8-4-5-9(11)12-7-8/h1,3-5,7H,2,6H2,(H2,11,12). The van der Waals surface area contributed by atoms with Crippen LogP contribution in [0.25, 0.3) is 6.08 Å². The van der Waals surface area contributed by atoms with Crippen molar-refractivity contribution in [2.75, 3.05) is 11.1 Å². The summed E-state index contributed by atoms with van der Waals surface area (Å²) in [6, 6.07) is 3.75. The van der Waals surface area contributed by atoms with Crippen molar-refractivity contribution in [1.82, 2.24) is 4.98 Å². The van der Waals surface area contributed by atoms with Gasteiger partial charge in [-0.2, -0.15) is 0 Å². The third-order valence-electron chi connectivity index (χ3n) is 1.40. The monoisotopic (exact) mass is 226 g/mol. The smallest absolute Gasteiger partial charge is 0.123 e. The van der Waals surface area contributed by atoms with Crippen LogP contribution in [0.2, 0.25) is 0 Å². The van der Waals surface area contributed by atoms with Crippen LogP contribution >= 0.6 is 15.9 Å². The van der Waals surface area contributed by atoms with Crippen molar-refractivity contribution in [2.24, 2.45) is 0 Å². The molecule has 0 amide bonds. The van der Waals surface area contributed by atoms with Gasteiger partial charge in [-0.1, -0.05) is 28.1 Å². The van der Waals surface area contributed by atoms with Gasteiger partial charge < -0.3 is 5.73 Å². The van der Waals surface area contributed by atoms with Crippen molar-refractivity contribution < 1.29 is 0 Å². The van der Waals surface area contributed by atoms with E-state index in [0.717, 1.165) is 17.3 Å². The van der Waals surface area contributed by atoms with E-state index < -0.39 is 0 Å². The van der Waals surface area contributed by atoms with E-state index in [-0.39, 0.29) is 0 Å². The predicted molar refractivity (Wildman–Crippen MR) is 56.1 cm³/mol. The quantitative estimate of drug-likeness (QED) is 0.805. The molecule has 1 rings (SSSR count). The van der Waals surface area contributed by atoms with E-state index >= 15 is 0 Å². The molecule has 12 heavy (non-hydrogen) atoms. The van der Waals surface area contributed by atoms with Crippen LogP contribution in [0.15, 0.2) is 24.4 Å². The molecule has 0 aliphatic rings. The van der Waals surface area contributed by atoms with Crippen LogP contribution in [0.1, 0.15) is 12.0 Å². The number of nitrogens with zero attached hydrogens (tertiary/aromatic N) is 1. The molecule has 3 heteroatoms. The molecule has 0 saturated heterocycles. The Morgan fingerprint density at radius 1 is 1.50 bits per heavy atom. The Morgan fingerprint density at radius 3 is 2.92 bits per heavy atom. The molecule has 0 spiro atoms. The highest BCUT2D eigenvalue weighted by atomic mass is 79.9. The van der Waals surface area contributed by atoms with Gasteiger partial charge in [0.1, 0.15) is 5.82 Å². The summed E-state index contributed by atoms with van der Waals surface area (Å²) in [5.41, 5.74) is 6.53. The summed E-state index contributed by atoms with van der Waals surface area (Å²) in [5, 5.41) is 0.992. The molecule has 1 aromatic heterocycles. The summed E-state index contributed by atoms with van der Waals surface area (Å²) in [4.78, 5) is 3.97. The molecule has 0 unspecified atom stereocenters. The van der Waals surface area contributed by atoms with Crippen molar-refractivity contribution in [2.45, 2.75) is 6.42 Å². The number of anilines is 1. The van der Waals surface area contributed by atoms with Gasteiger partial charge in [0.15, 0.2) is 0 Å². The van der Waals surface area contributed by atoms with Gasteiger partial charge in [-0.3, -0.25) is 0 Å². The van der Waals surface area contributed by atoms with E-state index in [1.54, 1.807) is 12.3 Å². The van der Waals surface area contributed by atoms with E-state index in [4.69, 9.17) is 5.73 Å². The first kappa shape index (κ1) is 9.26. The van der Waals surface area contributed by atoms with Gasteiger partial charge in [0.05, 0.1) is 0 Å². The number of alkyl halides is 1. The van der Waals surface area contributed by atoms with E-state index in [1.807, 2.05) is 12.1 Å². The highest BCUT2D eigenvalue weighted by Crippen LogP contribution is 2.04. The van der Waals surface area contributed by atoms with Gasteiger partial charge in [0.2, 0.25) is 0 Å². The van der Waals surface area contributed by atoms with Gasteiger partial charge in [-0.05, 0) is 24.1 Å². The largest absolute Gasteiger partial charge is 0.384 e. The Hall–Kier alpha value is -0.830. The Morgan fingerprint density at radius 2 is 2.33 bits per heavy atom. The molecule has 64 valence electrons. The molecule has 0 aromatic carbocycles. The lowest BCUT2D eigenvalue weighted by Crippen LogP contribution is -1.87. The zero-order chi connectivity index (χ0) is 8.81. The van der Waals surface area contributed by atoms with E-state index in [2.05, 4.69) is 27.0 Å². The molecular weight excluding hydrogens is 216 g/mol. The topological polar surface area (TPSA) is 38.9 Å². The van der Waals surface area contributed by atoms with Gasteiger partial charge in [0, 0.05) is 11.5 Å². The fourth-order valence-corrected chi connectivity index (χ4v) is 1.06. The van der Waals surface area contributed by atoms with Gasteiger partial charge in [0.25, 0.3) is 0 Å². The number of hydrogen-bond acceptors (Lipinski definition) is 2. The molecule has 0 fully saturated rings. The van der Waals surface area contributed by atoms with Crippen molar-refractivity contribution >= 4 is 27.8 Å². The summed E-state index contributed by atoms with van der Waals surface area (Å²) in [6.07, 6.45) is 6.93.